The third-order valence-corrected chi connectivity index (χ3v) is 12.4. The maximum Gasteiger partial charge on any atom is 0.0725 e. The number of hydrogen-bond acceptors (Lipinski definition) is 1. The SMILES string of the molecule is c1ccc(N(c2ccc(-c3cccc4c3-c3ccccc3C43c4ccccc4-c4ccccc43)cc2)c2cccc3c2c2ccccc2n3-c2ccccc2)cc1. The summed E-state index contributed by atoms with van der Waals surface area (Å²) in [6.45, 7) is 0. The Morgan fingerprint density at radius 1 is 0.351 bits per heavy atom. The number of rotatable bonds is 5. The van der Waals surface area contributed by atoms with E-state index in [9.17, 15) is 0 Å². The summed E-state index contributed by atoms with van der Waals surface area (Å²) >= 11 is 0. The van der Waals surface area contributed by atoms with E-state index < -0.39 is 0 Å². The number of fused-ring (bicyclic) bond motifs is 13. The zero-order chi connectivity index (χ0) is 37.5. The topological polar surface area (TPSA) is 8.17 Å². The summed E-state index contributed by atoms with van der Waals surface area (Å²) in [5.41, 5.74) is 19.7. The molecule has 1 heterocycles. The molecule has 2 aliphatic rings. The van der Waals surface area contributed by atoms with E-state index in [0.717, 1.165) is 22.7 Å². The van der Waals surface area contributed by atoms with Crippen LogP contribution in [0.4, 0.5) is 17.1 Å². The second-order valence-electron chi connectivity index (χ2n) is 15.2. The lowest BCUT2D eigenvalue weighted by Crippen LogP contribution is -2.25. The smallest absolute Gasteiger partial charge is 0.0725 e. The summed E-state index contributed by atoms with van der Waals surface area (Å²) in [5.74, 6) is 0. The summed E-state index contributed by atoms with van der Waals surface area (Å²) in [7, 11) is 0. The Morgan fingerprint density at radius 3 is 1.58 bits per heavy atom. The maximum absolute atomic E-state index is 2.42. The van der Waals surface area contributed by atoms with E-state index in [1.807, 2.05) is 0 Å². The van der Waals surface area contributed by atoms with E-state index in [0.29, 0.717) is 0 Å². The molecule has 0 N–H and O–H groups in total. The molecule has 266 valence electrons. The van der Waals surface area contributed by atoms with Crippen molar-refractivity contribution in [1.82, 2.24) is 4.57 Å². The first-order chi connectivity index (χ1) is 28.3. The van der Waals surface area contributed by atoms with Gasteiger partial charge in [0.05, 0.1) is 22.1 Å². The van der Waals surface area contributed by atoms with Crippen molar-refractivity contribution in [3.8, 4) is 39.1 Å². The fourth-order valence-electron chi connectivity index (χ4n) is 10.2. The van der Waals surface area contributed by atoms with Gasteiger partial charge >= 0.3 is 0 Å². The largest absolute Gasteiger partial charge is 0.310 e. The molecule has 0 atom stereocenters. The second kappa shape index (κ2) is 12.3. The third-order valence-electron chi connectivity index (χ3n) is 12.4. The van der Waals surface area contributed by atoms with Crippen LogP contribution in [0.15, 0.2) is 218 Å². The van der Waals surface area contributed by atoms with Gasteiger partial charge in [-0.3, -0.25) is 0 Å². The van der Waals surface area contributed by atoms with Gasteiger partial charge in [0.25, 0.3) is 0 Å². The molecule has 10 aromatic rings. The lowest BCUT2D eigenvalue weighted by atomic mass is 9.70. The molecule has 0 unspecified atom stereocenters. The van der Waals surface area contributed by atoms with Crippen molar-refractivity contribution in [1.29, 1.82) is 0 Å². The number of nitrogens with zero attached hydrogens (tertiary/aromatic N) is 2. The predicted octanol–water partition coefficient (Wildman–Crippen LogP) is 14.3. The normalized spacial score (nSPS) is 13.1. The Morgan fingerprint density at radius 2 is 0.860 bits per heavy atom. The van der Waals surface area contributed by atoms with Crippen molar-refractivity contribution in [3.05, 3.63) is 241 Å². The zero-order valence-electron chi connectivity index (χ0n) is 31.2. The van der Waals surface area contributed by atoms with Gasteiger partial charge in [-0.05, 0) is 110 Å². The number of anilines is 3. The quantitative estimate of drug-likeness (QED) is 0.172. The molecule has 0 amide bonds. The second-order valence-corrected chi connectivity index (χ2v) is 15.2. The molecule has 9 aromatic carbocycles. The van der Waals surface area contributed by atoms with Gasteiger partial charge in [-0.25, -0.2) is 0 Å². The third kappa shape index (κ3) is 4.41. The molecule has 0 aliphatic heterocycles. The highest BCUT2D eigenvalue weighted by atomic mass is 15.1. The molecule has 2 nitrogen and oxygen atoms in total. The Hall–Kier alpha value is -7.42. The van der Waals surface area contributed by atoms with Gasteiger partial charge in [0.15, 0.2) is 0 Å². The number of para-hydroxylation sites is 3. The number of hydrogen-bond donors (Lipinski definition) is 0. The highest BCUT2D eigenvalue weighted by Crippen LogP contribution is 2.64. The fourth-order valence-corrected chi connectivity index (χ4v) is 10.2. The standard InChI is InChI=1S/C55H36N2/c1-3-17-38(18-4-1)56(51-31-16-32-52-54(51)45-24-10-14-30-50(45)57(52)39-19-5-2-6-20-39)40-35-33-37(34-36-40)41-25-15-29-49-53(41)44-23-9-13-28-48(44)55(49)46-26-11-7-21-42(46)43-22-8-12-27-47(43)55/h1-36H. The Kier molecular flexibility index (Phi) is 6.88. The monoisotopic (exact) mass is 724 g/mol. The van der Waals surface area contributed by atoms with Crippen LogP contribution >= 0.6 is 0 Å². The zero-order valence-corrected chi connectivity index (χ0v) is 31.2. The lowest BCUT2D eigenvalue weighted by Gasteiger charge is -2.30. The molecule has 1 aromatic heterocycles. The van der Waals surface area contributed by atoms with Crippen LogP contribution in [-0.2, 0) is 5.41 Å². The molecule has 0 saturated heterocycles. The van der Waals surface area contributed by atoms with E-state index in [4.69, 9.17) is 0 Å². The molecule has 0 radical (unpaired) electrons. The van der Waals surface area contributed by atoms with Crippen LogP contribution in [0, 0.1) is 0 Å². The van der Waals surface area contributed by atoms with Crippen molar-refractivity contribution in [3.63, 3.8) is 0 Å². The molecule has 2 aliphatic carbocycles. The molecule has 0 saturated carbocycles. The molecule has 1 spiro atoms. The van der Waals surface area contributed by atoms with Gasteiger partial charge in [0.1, 0.15) is 0 Å². The minimum absolute atomic E-state index is 0.364. The molecule has 0 fully saturated rings. The van der Waals surface area contributed by atoms with E-state index in [-0.39, 0.29) is 5.41 Å². The van der Waals surface area contributed by atoms with Crippen LogP contribution in [0.5, 0.6) is 0 Å². The summed E-state index contributed by atoms with van der Waals surface area (Å²) in [4.78, 5) is 2.42. The van der Waals surface area contributed by atoms with Gasteiger partial charge in [0.2, 0.25) is 0 Å². The maximum atomic E-state index is 2.42. The van der Waals surface area contributed by atoms with E-state index in [2.05, 4.69) is 228 Å². The molecule has 57 heavy (non-hydrogen) atoms. The van der Waals surface area contributed by atoms with Gasteiger partial charge < -0.3 is 9.47 Å². The van der Waals surface area contributed by atoms with Crippen LogP contribution in [-0.4, -0.2) is 4.57 Å². The lowest BCUT2D eigenvalue weighted by molar-refractivity contribution is 0.794. The van der Waals surface area contributed by atoms with Gasteiger partial charge in [0, 0.05) is 27.8 Å². The van der Waals surface area contributed by atoms with Crippen LogP contribution in [0.2, 0.25) is 0 Å². The minimum atomic E-state index is -0.364. The molecular formula is C55H36N2. The average Bonchev–Trinajstić information content (AvgIpc) is 3.90. The number of aromatic nitrogens is 1. The first-order valence-electron chi connectivity index (χ1n) is 19.8. The minimum Gasteiger partial charge on any atom is -0.310 e. The predicted molar refractivity (Wildman–Crippen MR) is 237 cm³/mol. The highest BCUT2D eigenvalue weighted by molar-refractivity contribution is 6.16. The Bertz CT molecular complexity index is 3130. The van der Waals surface area contributed by atoms with E-state index in [1.54, 1.807) is 0 Å². The molecular weight excluding hydrogens is 689 g/mol. The van der Waals surface area contributed by atoms with Gasteiger partial charge in [-0.2, -0.15) is 0 Å². The first-order valence-corrected chi connectivity index (χ1v) is 19.8. The first kappa shape index (κ1) is 31.9. The van der Waals surface area contributed by atoms with Gasteiger partial charge in [-0.1, -0.05) is 164 Å². The van der Waals surface area contributed by atoms with Gasteiger partial charge in [-0.15, -0.1) is 0 Å². The number of benzene rings is 9. The molecule has 12 rings (SSSR count). The average molecular weight is 725 g/mol. The van der Waals surface area contributed by atoms with E-state index in [1.165, 1.54) is 77.4 Å². The van der Waals surface area contributed by atoms with Crippen LogP contribution in [0.1, 0.15) is 22.3 Å². The van der Waals surface area contributed by atoms with Crippen molar-refractivity contribution in [2.45, 2.75) is 5.41 Å². The van der Waals surface area contributed by atoms with Crippen molar-refractivity contribution < 1.29 is 0 Å². The molecule has 2 heteroatoms. The van der Waals surface area contributed by atoms with Crippen molar-refractivity contribution in [2.24, 2.45) is 0 Å². The Labute approximate surface area is 332 Å². The fraction of sp³-hybridized carbons (Fsp3) is 0.0182. The summed E-state index contributed by atoms with van der Waals surface area (Å²) in [6, 6.07) is 80.3. The Balaban J connectivity index is 1.05. The molecule has 0 bridgehead atoms. The van der Waals surface area contributed by atoms with Crippen LogP contribution in [0.3, 0.4) is 0 Å². The van der Waals surface area contributed by atoms with E-state index >= 15 is 0 Å². The summed E-state index contributed by atoms with van der Waals surface area (Å²) in [5, 5.41) is 2.46. The van der Waals surface area contributed by atoms with Crippen LogP contribution < -0.4 is 4.90 Å². The highest BCUT2D eigenvalue weighted by Gasteiger charge is 2.51. The summed E-state index contributed by atoms with van der Waals surface area (Å²) in [6.07, 6.45) is 0. The van der Waals surface area contributed by atoms with Crippen LogP contribution in [0.25, 0.3) is 60.9 Å². The summed E-state index contributed by atoms with van der Waals surface area (Å²) < 4.78 is 2.39. The van der Waals surface area contributed by atoms with Crippen molar-refractivity contribution >= 4 is 38.9 Å². The van der Waals surface area contributed by atoms with Crippen molar-refractivity contribution in [2.75, 3.05) is 4.90 Å².